The van der Waals surface area contributed by atoms with Crippen LogP contribution < -0.4 is 5.32 Å². The SMILES string of the molecule is CN(C)CCN1CC(C(=O)NCCCc2ccccc2)CC1=O. The van der Waals surface area contributed by atoms with Gasteiger partial charge in [0.15, 0.2) is 0 Å². The van der Waals surface area contributed by atoms with E-state index >= 15 is 0 Å². The summed E-state index contributed by atoms with van der Waals surface area (Å²) in [7, 11) is 3.97. The quantitative estimate of drug-likeness (QED) is 0.732. The smallest absolute Gasteiger partial charge is 0.225 e. The van der Waals surface area contributed by atoms with E-state index < -0.39 is 0 Å². The summed E-state index contributed by atoms with van der Waals surface area (Å²) >= 11 is 0. The number of likely N-dealkylation sites (N-methyl/N-ethyl adjacent to an activating group) is 1. The molecule has 0 aromatic heterocycles. The molecule has 1 fully saturated rings. The number of carbonyl (C=O) groups is 2. The summed E-state index contributed by atoms with van der Waals surface area (Å²) in [6.07, 6.45) is 2.22. The molecule has 0 spiro atoms. The Bertz CT molecular complexity index is 516. The Morgan fingerprint density at radius 2 is 2.04 bits per heavy atom. The monoisotopic (exact) mass is 317 g/mol. The maximum Gasteiger partial charge on any atom is 0.225 e. The van der Waals surface area contributed by atoms with E-state index in [0.717, 1.165) is 19.4 Å². The van der Waals surface area contributed by atoms with Gasteiger partial charge < -0.3 is 15.1 Å². The predicted molar refractivity (Wildman–Crippen MR) is 91.0 cm³/mol. The molecule has 1 unspecified atom stereocenters. The van der Waals surface area contributed by atoms with Crippen molar-refractivity contribution in [2.45, 2.75) is 19.3 Å². The molecule has 2 rings (SSSR count). The van der Waals surface area contributed by atoms with Gasteiger partial charge in [0.2, 0.25) is 11.8 Å². The van der Waals surface area contributed by atoms with E-state index in [-0.39, 0.29) is 17.7 Å². The van der Waals surface area contributed by atoms with Crippen molar-refractivity contribution in [2.24, 2.45) is 5.92 Å². The zero-order valence-electron chi connectivity index (χ0n) is 14.1. The number of aryl methyl sites for hydroxylation is 1. The highest BCUT2D eigenvalue weighted by Crippen LogP contribution is 2.17. The molecule has 1 aliphatic rings. The van der Waals surface area contributed by atoms with Gasteiger partial charge >= 0.3 is 0 Å². The maximum atomic E-state index is 12.2. The third-order valence-electron chi connectivity index (χ3n) is 4.19. The van der Waals surface area contributed by atoms with Crippen LogP contribution in [0.2, 0.25) is 0 Å². The van der Waals surface area contributed by atoms with Crippen molar-refractivity contribution in [3.63, 3.8) is 0 Å². The average molecular weight is 317 g/mol. The molecule has 5 nitrogen and oxygen atoms in total. The fourth-order valence-corrected chi connectivity index (χ4v) is 2.78. The molecule has 1 atom stereocenters. The standard InChI is InChI=1S/C18H27N3O2/c1-20(2)11-12-21-14-16(13-17(21)22)18(23)19-10-6-9-15-7-4-3-5-8-15/h3-5,7-8,16H,6,9-14H2,1-2H3,(H,19,23). The highest BCUT2D eigenvalue weighted by atomic mass is 16.2. The van der Waals surface area contributed by atoms with Crippen LogP contribution in [0.25, 0.3) is 0 Å². The van der Waals surface area contributed by atoms with Gasteiger partial charge in [-0.05, 0) is 32.5 Å². The summed E-state index contributed by atoms with van der Waals surface area (Å²) in [5, 5.41) is 2.97. The second kappa shape index (κ2) is 8.67. The Hall–Kier alpha value is -1.88. The van der Waals surface area contributed by atoms with Gasteiger partial charge in [0.25, 0.3) is 0 Å². The molecule has 126 valence electrons. The Labute approximate surface area is 138 Å². The molecule has 0 radical (unpaired) electrons. The molecule has 1 N–H and O–H groups in total. The van der Waals surface area contributed by atoms with Crippen LogP contribution in [0.15, 0.2) is 30.3 Å². The Morgan fingerprint density at radius 1 is 1.30 bits per heavy atom. The fourth-order valence-electron chi connectivity index (χ4n) is 2.78. The zero-order valence-corrected chi connectivity index (χ0v) is 14.1. The highest BCUT2D eigenvalue weighted by molar-refractivity contribution is 5.89. The average Bonchev–Trinajstić information content (AvgIpc) is 2.91. The van der Waals surface area contributed by atoms with Crippen LogP contribution in [0.3, 0.4) is 0 Å². The second-order valence-electron chi connectivity index (χ2n) is 6.42. The number of nitrogens with zero attached hydrogens (tertiary/aromatic N) is 2. The van der Waals surface area contributed by atoms with Crippen LogP contribution in [-0.2, 0) is 16.0 Å². The minimum atomic E-state index is -0.193. The van der Waals surface area contributed by atoms with Crippen molar-refractivity contribution in [2.75, 3.05) is 40.3 Å². The molecule has 1 aromatic carbocycles. The van der Waals surface area contributed by atoms with Gasteiger partial charge in [0, 0.05) is 32.6 Å². The van der Waals surface area contributed by atoms with Crippen molar-refractivity contribution in [1.29, 1.82) is 0 Å². The lowest BCUT2D eigenvalue weighted by molar-refractivity contribution is -0.129. The topological polar surface area (TPSA) is 52.6 Å². The number of likely N-dealkylation sites (tertiary alicyclic amines) is 1. The molecule has 5 heteroatoms. The van der Waals surface area contributed by atoms with Crippen LogP contribution in [0.5, 0.6) is 0 Å². The lowest BCUT2D eigenvalue weighted by atomic mass is 10.1. The van der Waals surface area contributed by atoms with Crippen molar-refractivity contribution in [1.82, 2.24) is 15.1 Å². The summed E-state index contributed by atoms with van der Waals surface area (Å²) in [4.78, 5) is 28.0. The third kappa shape index (κ3) is 5.67. The first-order valence-electron chi connectivity index (χ1n) is 8.30. The van der Waals surface area contributed by atoms with Crippen LogP contribution >= 0.6 is 0 Å². The first-order valence-corrected chi connectivity index (χ1v) is 8.30. The minimum Gasteiger partial charge on any atom is -0.356 e. The molecule has 0 aliphatic carbocycles. The van der Waals surface area contributed by atoms with Gasteiger partial charge in [-0.15, -0.1) is 0 Å². The largest absolute Gasteiger partial charge is 0.356 e. The highest BCUT2D eigenvalue weighted by Gasteiger charge is 2.33. The number of hydrogen-bond acceptors (Lipinski definition) is 3. The van der Waals surface area contributed by atoms with E-state index in [1.807, 2.05) is 37.2 Å². The molecular weight excluding hydrogens is 290 g/mol. The summed E-state index contributed by atoms with van der Waals surface area (Å²) in [6, 6.07) is 10.3. The molecule has 1 aliphatic heterocycles. The first-order chi connectivity index (χ1) is 11.1. The maximum absolute atomic E-state index is 12.2. The zero-order chi connectivity index (χ0) is 16.7. The van der Waals surface area contributed by atoms with Crippen molar-refractivity contribution in [3.8, 4) is 0 Å². The normalized spacial score (nSPS) is 17.8. The summed E-state index contributed by atoms with van der Waals surface area (Å²) in [6.45, 7) is 2.74. The van der Waals surface area contributed by atoms with Gasteiger partial charge in [0.1, 0.15) is 0 Å². The number of hydrogen-bond donors (Lipinski definition) is 1. The Kier molecular flexibility index (Phi) is 6.59. The molecule has 2 amide bonds. The lowest BCUT2D eigenvalue weighted by Crippen LogP contribution is -2.35. The molecule has 23 heavy (non-hydrogen) atoms. The molecular formula is C18H27N3O2. The van der Waals surface area contributed by atoms with E-state index in [4.69, 9.17) is 0 Å². The number of rotatable bonds is 8. The first kappa shape index (κ1) is 17.5. The summed E-state index contributed by atoms with van der Waals surface area (Å²) in [5.74, 6) is -0.0866. The molecule has 1 saturated heterocycles. The van der Waals surface area contributed by atoms with Gasteiger partial charge in [-0.25, -0.2) is 0 Å². The second-order valence-corrected chi connectivity index (χ2v) is 6.42. The summed E-state index contributed by atoms with van der Waals surface area (Å²) < 4.78 is 0. The van der Waals surface area contributed by atoms with Gasteiger partial charge in [-0.3, -0.25) is 9.59 Å². The van der Waals surface area contributed by atoms with Gasteiger partial charge in [0.05, 0.1) is 5.92 Å². The van der Waals surface area contributed by atoms with Crippen LogP contribution in [0.4, 0.5) is 0 Å². The van der Waals surface area contributed by atoms with Crippen LogP contribution in [0, 0.1) is 5.92 Å². The number of amides is 2. The minimum absolute atomic E-state index is 0.0127. The lowest BCUT2D eigenvalue weighted by Gasteiger charge is -2.19. The number of nitrogens with one attached hydrogen (secondary N) is 1. The van der Waals surface area contributed by atoms with Gasteiger partial charge in [-0.1, -0.05) is 30.3 Å². The fraction of sp³-hybridized carbons (Fsp3) is 0.556. The molecule has 0 saturated carbocycles. The van der Waals surface area contributed by atoms with Crippen molar-refractivity contribution < 1.29 is 9.59 Å². The Balaban J connectivity index is 1.67. The molecule has 0 bridgehead atoms. The molecule has 1 heterocycles. The molecule has 1 aromatic rings. The number of carbonyl (C=O) groups excluding carboxylic acids is 2. The number of benzene rings is 1. The van der Waals surface area contributed by atoms with E-state index in [1.54, 1.807) is 4.90 Å². The van der Waals surface area contributed by atoms with Crippen LogP contribution in [-0.4, -0.2) is 61.9 Å². The van der Waals surface area contributed by atoms with Gasteiger partial charge in [-0.2, -0.15) is 0 Å². The van der Waals surface area contributed by atoms with E-state index in [9.17, 15) is 9.59 Å². The van der Waals surface area contributed by atoms with E-state index in [1.165, 1.54) is 5.56 Å². The summed E-state index contributed by atoms with van der Waals surface area (Å²) in [5.41, 5.74) is 1.28. The van der Waals surface area contributed by atoms with E-state index in [2.05, 4.69) is 17.4 Å². The van der Waals surface area contributed by atoms with E-state index in [0.29, 0.717) is 26.1 Å². The van der Waals surface area contributed by atoms with Crippen molar-refractivity contribution >= 4 is 11.8 Å². The predicted octanol–water partition coefficient (Wildman–Crippen LogP) is 1.15. The Morgan fingerprint density at radius 3 is 2.74 bits per heavy atom. The van der Waals surface area contributed by atoms with Crippen molar-refractivity contribution in [3.05, 3.63) is 35.9 Å². The third-order valence-corrected chi connectivity index (χ3v) is 4.19. The van der Waals surface area contributed by atoms with Crippen LogP contribution in [0.1, 0.15) is 18.4 Å².